The second kappa shape index (κ2) is 9.38. The molecule has 3 amide bonds. The number of primary amides is 1. The molecule has 0 saturated heterocycles. The van der Waals surface area contributed by atoms with Gasteiger partial charge in [0.05, 0.1) is 0 Å². The Morgan fingerprint density at radius 3 is 2.41 bits per heavy atom. The van der Waals surface area contributed by atoms with E-state index < -0.39 is 30.1 Å². The molecule has 2 aromatic carbocycles. The van der Waals surface area contributed by atoms with Gasteiger partial charge in [0.1, 0.15) is 6.04 Å². The fraction of sp³-hybridized carbons (Fsp3) is 0.250. The quantitative estimate of drug-likeness (QED) is 0.649. The number of carbonyl (C=O) groups is 3. The summed E-state index contributed by atoms with van der Waals surface area (Å²) in [6.07, 6.45) is -0.833. The Hall–Kier alpha value is -3.35. The van der Waals surface area contributed by atoms with Gasteiger partial charge in [-0.3, -0.25) is 4.79 Å². The number of amides is 3. The molecule has 0 aromatic heterocycles. The highest BCUT2D eigenvalue weighted by Gasteiger charge is 2.26. The van der Waals surface area contributed by atoms with Gasteiger partial charge in [0.25, 0.3) is 5.91 Å². The highest BCUT2D eigenvalue weighted by atomic mass is 16.5. The van der Waals surface area contributed by atoms with Gasteiger partial charge in [-0.25, -0.2) is 9.59 Å². The maximum Gasteiger partial charge on any atom is 0.329 e. The molecule has 2 rings (SSSR count). The van der Waals surface area contributed by atoms with Gasteiger partial charge in [-0.15, -0.1) is 0 Å². The van der Waals surface area contributed by atoms with Crippen LogP contribution in [0.4, 0.5) is 10.5 Å². The second-order valence-electron chi connectivity index (χ2n) is 6.19. The first kappa shape index (κ1) is 20.0. The van der Waals surface area contributed by atoms with Crippen LogP contribution in [0.1, 0.15) is 18.1 Å². The highest BCUT2D eigenvalue weighted by molar-refractivity contribution is 5.95. The van der Waals surface area contributed by atoms with E-state index in [-0.39, 0.29) is 6.42 Å². The topological polar surface area (TPSA) is 111 Å². The van der Waals surface area contributed by atoms with E-state index in [1.54, 1.807) is 12.1 Å². The molecular formula is C20H23N3O4. The summed E-state index contributed by atoms with van der Waals surface area (Å²) in [7, 11) is 0. The van der Waals surface area contributed by atoms with Gasteiger partial charge in [0, 0.05) is 12.1 Å². The van der Waals surface area contributed by atoms with E-state index in [0.717, 1.165) is 11.1 Å². The van der Waals surface area contributed by atoms with E-state index in [1.807, 2.05) is 49.4 Å². The summed E-state index contributed by atoms with van der Waals surface area (Å²) in [4.78, 5) is 35.9. The van der Waals surface area contributed by atoms with Crippen molar-refractivity contribution in [3.63, 3.8) is 0 Å². The third-order valence-electron chi connectivity index (χ3n) is 3.83. The summed E-state index contributed by atoms with van der Waals surface area (Å²) < 4.78 is 5.23. The average molecular weight is 369 g/mol. The van der Waals surface area contributed by atoms with Gasteiger partial charge in [0.2, 0.25) is 0 Å². The van der Waals surface area contributed by atoms with E-state index in [0.29, 0.717) is 5.69 Å². The lowest BCUT2D eigenvalue weighted by Crippen LogP contribution is -2.47. The van der Waals surface area contributed by atoms with Crippen LogP contribution in [-0.4, -0.2) is 30.1 Å². The van der Waals surface area contributed by atoms with Gasteiger partial charge in [0.15, 0.2) is 6.10 Å². The summed E-state index contributed by atoms with van der Waals surface area (Å²) >= 11 is 0. The molecule has 0 heterocycles. The average Bonchev–Trinajstić information content (AvgIpc) is 2.61. The molecule has 0 spiro atoms. The summed E-state index contributed by atoms with van der Waals surface area (Å²) in [6, 6.07) is 14.6. The number of hydrogen-bond donors (Lipinski definition) is 3. The zero-order valence-electron chi connectivity index (χ0n) is 15.3. The Balaban J connectivity index is 1.99. The fourth-order valence-corrected chi connectivity index (χ4v) is 2.49. The van der Waals surface area contributed by atoms with Crippen molar-refractivity contribution in [2.45, 2.75) is 32.4 Å². The minimum atomic E-state index is -1.04. The summed E-state index contributed by atoms with van der Waals surface area (Å²) in [5.41, 5.74) is 7.58. The van der Waals surface area contributed by atoms with Crippen LogP contribution in [0.2, 0.25) is 0 Å². The Labute approximate surface area is 157 Å². The van der Waals surface area contributed by atoms with Crippen LogP contribution in [0.15, 0.2) is 54.6 Å². The third kappa shape index (κ3) is 6.47. The summed E-state index contributed by atoms with van der Waals surface area (Å²) in [5.74, 6) is -1.20. The van der Waals surface area contributed by atoms with Gasteiger partial charge < -0.3 is 21.1 Å². The molecule has 0 bridgehead atoms. The van der Waals surface area contributed by atoms with Crippen molar-refractivity contribution in [1.82, 2.24) is 5.32 Å². The lowest BCUT2D eigenvalue weighted by molar-refractivity contribution is -0.155. The van der Waals surface area contributed by atoms with Crippen molar-refractivity contribution >= 4 is 23.6 Å². The molecule has 2 unspecified atom stereocenters. The number of nitrogens with one attached hydrogen (secondary N) is 2. The van der Waals surface area contributed by atoms with Gasteiger partial charge in [-0.1, -0.05) is 42.5 Å². The van der Waals surface area contributed by atoms with Crippen LogP contribution in [0.25, 0.3) is 0 Å². The van der Waals surface area contributed by atoms with E-state index in [4.69, 9.17) is 10.5 Å². The molecule has 0 fully saturated rings. The molecule has 0 saturated carbocycles. The summed E-state index contributed by atoms with van der Waals surface area (Å²) in [6.45, 7) is 3.37. The molecule has 2 atom stereocenters. The van der Waals surface area contributed by atoms with Crippen molar-refractivity contribution in [1.29, 1.82) is 0 Å². The molecular weight excluding hydrogens is 346 g/mol. The predicted octanol–water partition coefficient (Wildman–Crippen LogP) is 2.14. The number of aryl methyl sites for hydroxylation is 1. The maximum atomic E-state index is 12.4. The number of esters is 1. The van der Waals surface area contributed by atoms with Crippen molar-refractivity contribution in [3.05, 3.63) is 65.7 Å². The molecule has 7 heteroatoms. The first-order chi connectivity index (χ1) is 12.8. The SMILES string of the molecule is Cc1cccc(NC(=O)C(C)OC(=O)C(Cc2ccccc2)NC(N)=O)c1. The van der Waals surface area contributed by atoms with Crippen LogP contribution in [0.3, 0.4) is 0 Å². The van der Waals surface area contributed by atoms with Gasteiger partial charge in [-0.05, 0) is 37.1 Å². The number of nitrogens with two attached hydrogens (primary N) is 1. The number of urea groups is 1. The van der Waals surface area contributed by atoms with Crippen LogP contribution in [0.5, 0.6) is 0 Å². The minimum Gasteiger partial charge on any atom is -0.451 e. The normalized spacial score (nSPS) is 12.5. The maximum absolute atomic E-state index is 12.4. The zero-order chi connectivity index (χ0) is 19.8. The molecule has 0 radical (unpaired) electrons. The Bertz CT molecular complexity index is 808. The van der Waals surface area contributed by atoms with E-state index >= 15 is 0 Å². The Morgan fingerprint density at radius 2 is 1.78 bits per heavy atom. The standard InChI is InChI=1S/C20H23N3O4/c1-13-7-6-10-16(11-13)22-18(24)14(2)27-19(25)17(23-20(21)26)12-15-8-4-3-5-9-15/h3-11,14,17H,12H2,1-2H3,(H,22,24)(H3,21,23,26). The van der Waals surface area contributed by atoms with Gasteiger partial charge >= 0.3 is 12.0 Å². The molecule has 7 nitrogen and oxygen atoms in total. The van der Waals surface area contributed by atoms with Crippen molar-refractivity contribution in [3.8, 4) is 0 Å². The smallest absolute Gasteiger partial charge is 0.329 e. The van der Waals surface area contributed by atoms with Crippen molar-refractivity contribution in [2.75, 3.05) is 5.32 Å². The van der Waals surface area contributed by atoms with Crippen LogP contribution in [0, 0.1) is 6.92 Å². The summed E-state index contributed by atoms with van der Waals surface area (Å²) in [5, 5.41) is 5.05. The van der Waals surface area contributed by atoms with Crippen LogP contribution in [-0.2, 0) is 20.7 Å². The van der Waals surface area contributed by atoms with E-state index in [1.165, 1.54) is 6.92 Å². The van der Waals surface area contributed by atoms with Crippen LogP contribution >= 0.6 is 0 Å². The lowest BCUT2D eigenvalue weighted by atomic mass is 10.1. The Kier molecular flexibility index (Phi) is 6.93. The molecule has 27 heavy (non-hydrogen) atoms. The number of hydrogen-bond acceptors (Lipinski definition) is 4. The fourth-order valence-electron chi connectivity index (χ4n) is 2.49. The van der Waals surface area contributed by atoms with E-state index in [9.17, 15) is 14.4 Å². The molecule has 142 valence electrons. The lowest BCUT2D eigenvalue weighted by Gasteiger charge is -2.20. The van der Waals surface area contributed by atoms with Crippen molar-refractivity contribution < 1.29 is 19.1 Å². The molecule has 0 aliphatic rings. The molecule has 0 aliphatic carbocycles. The van der Waals surface area contributed by atoms with Gasteiger partial charge in [-0.2, -0.15) is 0 Å². The molecule has 2 aromatic rings. The molecule has 0 aliphatic heterocycles. The monoisotopic (exact) mass is 369 g/mol. The first-order valence-corrected chi connectivity index (χ1v) is 8.53. The van der Waals surface area contributed by atoms with E-state index in [2.05, 4.69) is 10.6 Å². The number of ether oxygens (including phenoxy) is 1. The zero-order valence-corrected chi connectivity index (χ0v) is 15.3. The number of anilines is 1. The number of rotatable bonds is 7. The minimum absolute atomic E-state index is 0.203. The highest BCUT2D eigenvalue weighted by Crippen LogP contribution is 2.11. The van der Waals surface area contributed by atoms with Crippen molar-refractivity contribution in [2.24, 2.45) is 5.73 Å². The second-order valence-corrected chi connectivity index (χ2v) is 6.19. The Morgan fingerprint density at radius 1 is 1.07 bits per heavy atom. The largest absolute Gasteiger partial charge is 0.451 e. The molecule has 4 N–H and O–H groups in total. The number of carbonyl (C=O) groups excluding carboxylic acids is 3. The van der Waals surface area contributed by atoms with Crippen LogP contribution < -0.4 is 16.4 Å². The number of benzene rings is 2. The predicted molar refractivity (Wildman–Crippen MR) is 102 cm³/mol. The third-order valence-corrected chi connectivity index (χ3v) is 3.83. The first-order valence-electron chi connectivity index (χ1n) is 8.53.